The predicted molar refractivity (Wildman–Crippen MR) is 154 cm³/mol. The Balaban J connectivity index is 1.22. The average molecular weight is 562 g/mol. The summed E-state index contributed by atoms with van der Waals surface area (Å²) in [6.07, 6.45) is 1.50. The summed E-state index contributed by atoms with van der Waals surface area (Å²) in [5.41, 5.74) is 4.95. The Bertz CT molecular complexity index is 1430. The molecule has 9 nitrogen and oxygen atoms in total. The number of carbonyl (C=O) groups excluding carboxylic acids is 2. The van der Waals surface area contributed by atoms with Crippen LogP contribution in [0.15, 0.2) is 82.8 Å². The molecule has 0 aliphatic heterocycles. The molecule has 0 atom stereocenters. The summed E-state index contributed by atoms with van der Waals surface area (Å²) in [6.45, 7) is 2.60. The summed E-state index contributed by atoms with van der Waals surface area (Å²) in [6, 6.07) is 22.6. The summed E-state index contributed by atoms with van der Waals surface area (Å²) in [4.78, 5) is 25.7. The average Bonchev–Trinajstić information content (AvgIpc) is 3.39. The van der Waals surface area contributed by atoms with Gasteiger partial charge in [-0.15, -0.1) is 22.0 Å². The van der Waals surface area contributed by atoms with Crippen LogP contribution in [0.1, 0.15) is 26.5 Å². The summed E-state index contributed by atoms with van der Waals surface area (Å²) in [5.74, 6) is 1.36. The quantitative estimate of drug-likeness (QED) is 0.109. The normalized spacial score (nSPS) is 10.8. The van der Waals surface area contributed by atoms with Crippen LogP contribution in [-0.4, -0.2) is 47.7 Å². The molecule has 0 saturated heterocycles. The molecule has 0 aliphatic carbocycles. The van der Waals surface area contributed by atoms with Crippen LogP contribution in [0, 0.1) is 6.92 Å². The lowest BCUT2D eigenvalue weighted by Gasteiger charge is -2.11. The van der Waals surface area contributed by atoms with Gasteiger partial charge < -0.3 is 9.47 Å². The number of hydrazone groups is 1. The van der Waals surface area contributed by atoms with Crippen molar-refractivity contribution in [2.24, 2.45) is 5.10 Å². The number of amides is 2. The van der Waals surface area contributed by atoms with Crippen LogP contribution in [0.4, 0.5) is 5.13 Å². The highest BCUT2D eigenvalue weighted by Crippen LogP contribution is 2.28. The Morgan fingerprint density at radius 2 is 1.82 bits per heavy atom. The zero-order chi connectivity index (χ0) is 27.5. The minimum Gasteiger partial charge on any atom is -0.493 e. The number of aromatic nitrogens is 2. The van der Waals surface area contributed by atoms with Gasteiger partial charge in [-0.25, -0.2) is 5.43 Å². The molecular weight excluding hydrogens is 534 g/mol. The van der Waals surface area contributed by atoms with Crippen LogP contribution in [0.3, 0.4) is 0 Å². The largest absolute Gasteiger partial charge is 0.493 e. The molecule has 1 heterocycles. The number of anilines is 1. The molecule has 0 spiro atoms. The van der Waals surface area contributed by atoms with Crippen molar-refractivity contribution >= 4 is 46.3 Å². The van der Waals surface area contributed by atoms with Crippen LogP contribution in [0.25, 0.3) is 0 Å². The molecule has 0 fully saturated rings. The minimum atomic E-state index is -0.360. The molecule has 0 aliphatic rings. The number of rotatable bonds is 12. The fraction of sp³-hybridized carbons (Fsp3) is 0.179. The standard InChI is InChI=1S/C28H27N5O4S2/c1-19-8-11-22(12-9-19)38-15-14-37-23-13-10-20(16-24(23)36-2)18-29-31-25(34)17-26-32-33-28(39-26)30-27(35)21-6-4-3-5-7-21/h3-13,16,18H,14-15,17H2,1-2H3,(H,31,34)(H,30,33,35)/b29-18+. The van der Waals surface area contributed by atoms with Gasteiger partial charge in [0.05, 0.1) is 26.4 Å². The number of thioether (sulfide) groups is 1. The number of hydrogen-bond acceptors (Lipinski definition) is 9. The summed E-state index contributed by atoms with van der Waals surface area (Å²) in [5, 5.41) is 15.4. The number of methoxy groups -OCH3 is 1. The third-order valence-corrected chi connectivity index (χ3v) is 7.07. The van der Waals surface area contributed by atoms with Crippen LogP contribution in [0.5, 0.6) is 11.5 Å². The number of hydrogen-bond donors (Lipinski definition) is 2. The van der Waals surface area contributed by atoms with Crippen LogP contribution < -0.4 is 20.2 Å². The molecule has 4 rings (SSSR count). The highest BCUT2D eigenvalue weighted by Gasteiger charge is 2.12. The number of benzene rings is 3. The molecule has 0 saturated carbocycles. The molecule has 0 bridgehead atoms. The van der Waals surface area contributed by atoms with Gasteiger partial charge in [0, 0.05) is 16.2 Å². The van der Waals surface area contributed by atoms with Crippen molar-refractivity contribution in [2.45, 2.75) is 18.2 Å². The number of nitrogens with zero attached hydrogens (tertiary/aromatic N) is 3. The highest BCUT2D eigenvalue weighted by atomic mass is 32.2. The lowest BCUT2D eigenvalue weighted by atomic mass is 10.2. The first-order chi connectivity index (χ1) is 19.0. The van der Waals surface area contributed by atoms with Crippen LogP contribution >= 0.6 is 23.1 Å². The SMILES string of the molecule is COc1cc(/C=N/NC(=O)Cc2nnc(NC(=O)c3ccccc3)s2)ccc1OCCSc1ccc(C)cc1. The van der Waals surface area contributed by atoms with E-state index in [1.54, 1.807) is 49.2 Å². The molecule has 0 radical (unpaired) electrons. The molecule has 4 aromatic rings. The van der Waals surface area contributed by atoms with Crippen LogP contribution in [0.2, 0.25) is 0 Å². The summed E-state index contributed by atoms with van der Waals surface area (Å²) in [7, 11) is 1.57. The second-order valence-electron chi connectivity index (χ2n) is 8.21. The van der Waals surface area contributed by atoms with E-state index < -0.39 is 0 Å². The van der Waals surface area contributed by atoms with Crippen molar-refractivity contribution in [1.29, 1.82) is 0 Å². The van der Waals surface area contributed by atoms with Gasteiger partial charge in [0.1, 0.15) is 5.01 Å². The van der Waals surface area contributed by atoms with E-state index in [0.29, 0.717) is 33.8 Å². The van der Waals surface area contributed by atoms with Crippen molar-refractivity contribution in [1.82, 2.24) is 15.6 Å². The van der Waals surface area contributed by atoms with E-state index in [2.05, 4.69) is 57.2 Å². The third kappa shape index (κ3) is 8.66. The van der Waals surface area contributed by atoms with Gasteiger partial charge in [-0.1, -0.05) is 47.2 Å². The van der Waals surface area contributed by atoms with E-state index in [0.717, 1.165) is 22.7 Å². The highest BCUT2D eigenvalue weighted by molar-refractivity contribution is 7.99. The van der Waals surface area contributed by atoms with E-state index >= 15 is 0 Å². The first-order valence-corrected chi connectivity index (χ1v) is 13.8. The van der Waals surface area contributed by atoms with Gasteiger partial charge in [0.15, 0.2) is 11.5 Å². The Morgan fingerprint density at radius 1 is 1.03 bits per heavy atom. The maximum absolute atomic E-state index is 12.3. The van der Waals surface area contributed by atoms with Gasteiger partial charge in [0.25, 0.3) is 5.91 Å². The number of aryl methyl sites for hydroxylation is 1. The van der Waals surface area contributed by atoms with Crippen molar-refractivity contribution in [3.05, 3.63) is 94.5 Å². The van der Waals surface area contributed by atoms with Gasteiger partial charge in [-0.2, -0.15) is 5.10 Å². The maximum Gasteiger partial charge on any atom is 0.257 e. The van der Waals surface area contributed by atoms with Crippen LogP contribution in [-0.2, 0) is 11.2 Å². The fourth-order valence-electron chi connectivity index (χ4n) is 3.32. The van der Waals surface area contributed by atoms with Crippen molar-refractivity contribution in [2.75, 3.05) is 24.8 Å². The monoisotopic (exact) mass is 561 g/mol. The molecule has 2 N–H and O–H groups in total. The van der Waals surface area contributed by atoms with Gasteiger partial charge in [0.2, 0.25) is 11.0 Å². The predicted octanol–water partition coefficient (Wildman–Crippen LogP) is 4.97. The second-order valence-corrected chi connectivity index (χ2v) is 10.4. The van der Waals surface area contributed by atoms with Gasteiger partial charge in [-0.3, -0.25) is 14.9 Å². The molecule has 11 heteroatoms. The van der Waals surface area contributed by atoms with E-state index in [1.165, 1.54) is 16.7 Å². The molecule has 200 valence electrons. The maximum atomic E-state index is 12.3. The molecule has 0 unspecified atom stereocenters. The smallest absolute Gasteiger partial charge is 0.257 e. The first kappa shape index (κ1) is 27.8. The summed E-state index contributed by atoms with van der Waals surface area (Å²) < 4.78 is 11.3. The number of nitrogens with one attached hydrogen (secondary N) is 2. The summed E-state index contributed by atoms with van der Waals surface area (Å²) >= 11 is 2.86. The zero-order valence-corrected chi connectivity index (χ0v) is 23.1. The van der Waals surface area contributed by atoms with E-state index in [-0.39, 0.29) is 18.2 Å². The lowest BCUT2D eigenvalue weighted by molar-refractivity contribution is -0.120. The fourth-order valence-corrected chi connectivity index (χ4v) is 4.78. The minimum absolute atomic E-state index is 0.0209. The molecule has 2 amide bonds. The first-order valence-electron chi connectivity index (χ1n) is 12.0. The third-order valence-electron chi connectivity index (χ3n) is 5.26. The number of carbonyl (C=O) groups is 2. The molecular formula is C28H27N5O4S2. The lowest BCUT2D eigenvalue weighted by Crippen LogP contribution is -2.19. The molecule has 39 heavy (non-hydrogen) atoms. The molecule has 1 aromatic heterocycles. The zero-order valence-electron chi connectivity index (χ0n) is 21.4. The van der Waals surface area contributed by atoms with E-state index in [9.17, 15) is 9.59 Å². The topological polar surface area (TPSA) is 115 Å². The van der Waals surface area contributed by atoms with Crippen molar-refractivity contribution < 1.29 is 19.1 Å². The second kappa shape index (κ2) is 14.1. The van der Waals surface area contributed by atoms with Gasteiger partial charge >= 0.3 is 0 Å². The molecule has 3 aromatic carbocycles. The Morgan fingerprint density at radius 3 is 2.59 bits per heavy atom. The van der Waals surface area contributed by atoms with E-state index in [4.69, 9.17) is 9.47 Å². The van der Waals surface area contributed by atoms with E-state index in [1.807, 2.05) is 18.2 Å². The van der Waals surface area contributed by atoms with Gasteiger partial charge in [-0.05, 0) is 55.0 Å². The Labute approximate surface area is 234 Å². The number of ether oxygens (including phenoxy) is 2. The van der Waals surface area contributed by atoms with Crippen molar-refractivity contribution in [3.63, 3.8) is 0 Å². The van der Waals surface area contributed by atoms with Crippen molar-refractivity contribution in [3.8, 4) is 11.5 Å². The Kier molecular flexibility index (Phi) is 10.0. The Hall–Kier alpha value is -4.22.